The van der Waals surface area contributed by atoms with Crippen molar-refractivity contribution >= 4 is 11.6 Å². The average Bonchev–Trinajstić information content (AvgIpc) is 2.94. The zero-order chi connectivity index (χ0) is 13.0. The van der Waals surface area contributed by atoms with E-state index < -0.39 is 0 Å². The normalized spacial score (nSPS) is 12.8. The van der Waals surface area contributed by atoms with Crippen LogP contribution in [0, 0.1) is 0 Å². The lowest BCUT2D eigenvalue weighted by molar-refractivity contribution is 0.496. The molecule has 2 heterocycles. The molecular formula is C12H17ClN4O. The van der Waals surface area contributed by atoms with Crippen molar-refractivity contribution in [2.45, 2.75) is 25.8 Å². The smallest absolute Gasteiger partial charge is 0.197 e. The van der Waals surface area contributed by atoms with Crippen LogP contribution >= 0.6 is 11.6 Å². The maximum atomic E-state index is 6.04. The monoisotopic (exact) mass is 268 g/mol. The molecular weight excluding hydrogens is 252 g/mol. The van der Waals surface area contributed by atoms with Crippen LogP contribution in [-0.2, 0) is 13.5 Å². The van der Waals surface area contributed by atoms with E-state index in [9.17, 15) is 0 Å². The van der Waals surface area contributed by atoms with Crippen molar-refractivity contribution < 1.29 is 4.42 Å². The summed E-state index contributed by atoms with van der Waals surface area (Å²) >= 11 is 6.04. The third-order valence-corrected chi connectivity index (χ3v) is 3.16. The van der Waals surface area contributed by atoms with Gasteiger partial charge in [-0.15, -0.1) is 0 Å². The number of aryl methyl sites for hydroxylation is 1. The Labute approximate surface area is 111 Å². The van der Waals surface area contributed by atoms with Crippen LogP contribution in [-0.4, -0.2) is 21.3 Å². The topological polar surface area (TPSA) is 55.9 Å². The van der Waals surface area contributed by atoms with Crippen molar-refractivity contribution in [2.75, 3.05) is 6.54 Å². The van der Waals surface area contributed by atoms with E-state index in [1.165, 1.54) is 0 Å². The van der Waals surface area contributed by atoms with Crippen LogP contribution in [0.4, 0.5) is 0 Å². The molecule has 1 unspecified atom stereocenters. The Hall–Kier alpha value is -1.33. The highest BCUT2D eigenvalue weighted by Crippen LogP contribution is 2.26. The van der Waals surface area contributed by atoms with Gasteiger partial charge in [-0.25, -0.2) is 4.98 Å². The van der Waals surface area contributed by atoms with Gasteiger partial charge in [0.05, 0.1) is 6.26 Å². The number of nitrogens with one attached hydrogen (secondary N) is 1. The number of aromatic nitrogens is 3. The van der Waals surface area contributed by atoms with Crippen LogP contribution in [0.2, 0.25) is 5.22 Å². The maximum Gasteiger partial charge on any atom is 0.197 e. The third kappa shape index (κ3) is 2.91. The molecule has 6 heteroatoms. The van der Waals surface area contributed by atoms with Gasteiger partial charge in [0, 0.05) is 25.1 Å². The first-order valence-electron chi connectivity index (χ1n) is 6.01. The predicted molar refractivity (Wildman–Crippen MR) is 69.5 cm³/mol. The van der Waals surface area contributed by atoms with Gasteiger partial charge < -0.3 is 9.73 Å². The Kier molecular flexibility index (Phi) is 4.38. The Morgan fingerprint density at radius 2 is 2.39 bits per heavy atom. The van der Waals surface area contributed by atoms with E-state index in [4.69, 9.17) is 16.0 Å². The molecule has 0 aliphatic heterocycles. The lowest BCUT2D eigenvalue weighted by Gasteiger charge is -2.16. The van der Waals surface area contributed by atoms with E-state index in [0.29, 0.717) is 5.22 Å². The van der Waals surface area contributed by atoms with E-state index >= 15 is 0 Å². The van der Waals surface area contributed by atoms with E-state index in [1.54, 1.807) is 17.3 Å². The average molecular weight is 269 g/mol. The zero-order valence-electron chi connectivity index (χ0n) is 10.6. The SMILES string of the molecule is CCCNC(Cc1ncnn1C)c1ccoc1Cl. The van der Waals surface area contributed by atoms with Gasteiger partial charge in [0.25, 0.3) is 0 Å². The number of halogens is 1. The Morgan fingerprint density at radius 1 is 1.56 bits per heavy atom. The summed E-state index contributed by atoms with van der Waals surface area (Å²) in [5.74, 6) is 0.917. The van der Waals surface area contributed by atoms with Crippen LogP contribution in [0.15, 0.2) is 23.1 Å². The van der Waals surface area contributed by atoms with Gasteiger partial charge in [-0.1, -0.05) is 6.92 Å². The Morgan fingerprint density at radius 3 is 2.94 bits per heavy atom. The number of hydrogen-bond acceptors (Lipinski definition) is 4. The molecule has 0 aromatic carbocycles. The first-order chi connectivity index (χ1) is 8.72. The second-order valence-electron chi connectivity index (χ2n) is 4.16. The summed E-state index contributed by atoms with van der Waals surface area (Å²) in [7, 11) is 1.89. The standard InChI is InChI=1S/C12H17ClN4O/c1-3-5-14-10(9-4-6-18-12(9)13)7-11-15-8-16-17(11)2/h4,6,8,10,14H,3,5,7H2,1-2H3. The molecule has 2 aromatic heterocycles. The van der Waals surface area contributed by atoms with Gasteiger partial charge in [0.15, 0.2) is 5.22 Å². The van der Waals surface area contributed by atoms with Gasteiger partial charge in [-0.3, -0.25) is 4.68 Å². The number of nitrogens with zero attached hydrogens (tertiary/aromatic N) is 3. The second kappa shape index (κ2) is 6.02. The Balaban J connectivity index is 2.15. The van der Waals surface area contributed by atoms with Gasteiger partial charge in [-0.2, -0.15) is 5.10 Å². The highest BCUT2D eigenvalue weighted by Gasteiger charge is 2.18. The van der Waals surface area contributed by atoms with Crippen molar-refractivity contribution in [1.29, 1.82) is 0 Å². The Bertz CT molecular complexity index is 494. The molecule has 0 spiro atoms. The summed E-state index contributed by atoms with van der Waals surface area (Å²) in [6, 6.07) is 1.99. The van der Waals surface area contributed by atoms with Crippen molar-refractivity contribution in [3.05, 3.63) is 35.3 Å². The predicted octanol–water partition coefficient (Wildman–Crippen LogP) is 2.34. The molecule has 0 fully saturated rings. The minimum atomic E-state index is 0.0964. The van der Waals surface area contributed by atoms with E-state index in [1.807, 2.05) is 13.1 Å². The molecule has 5 nitrogen and oxygen atoms in total. The summed E-state index contributed by atoms with van der Waals surface area (Å²) < 4.78 is 6.93. The molecule has 2 aromatic rings. The van der Waals surface area contributed by atoms with Crippen molar-refractivity contribution in [2.24, 2.45) is 7.05 Å². The molecule has 18 heavy (non-hydrogen) atoms. The first-order valence-corrected chi connectivity index (χ1v) is 6.39. The van der Waals surface area contributed by atoms with Crippen molar-refractivity contribution in [1.82, 2.24) is 20.1 Å². The second-order valence-corrected chi connectivity index (χ2v) is 4.50. The molecule has 1 atom stereocenters. The molecule has 98 valence electrons. The minimum absolute atomic E-state index is 0.0964. The quantitative estimate of drug-likeness (QED) is 0.874. The number of furan rings is 1. The summed E-state index contributed by atoms with van der Waals surface area (Å²) in [5.41, 5.74) is 0.966. The van der Waals surface area contributed by atoms with Crippen LogP contribution < -0.4 is 5.32 Å². The fraction of sp³-hybridized carbons (Fsp3) is 0.500. The summed E-state index contributed by atoms with van der Waals surface area (Å²) in [5, 5.41) is 7.96. The molecule has 0 saturated carbocycles. The van der Waals surface area contributed by atoms with Crippen LogP contribution in [0.5, 0.6) is 0 Å². The van der Waals surface area contributed by atoms with Gasteiger partial charge in [0.1, 0.15) is 12.2 Å². The van der Waals surface area contributed by atoms with E-state index in [-0.39, 0.29) is 6.04 Å². The fourth-order valence-corrected chi connectivity index (χ4v) is 2.10. The molecule has 0 aliphatic carbocycles. The minimum Gasteiger partial charge on any atom is -0.453 e. The first kappa shape index (κ1) is 13.1. The molecule has 0 amide bonds. The highest BCUT2D eigenvalue weighted by atomic mass is 35.5. The van der Waals surface area contributed by atoms with Crippen molar-refractivity contribution in [3.63, 3.8) is 0 Å². The largest absolute Gasteiger partial charge is 0.453 e. The van der Waals surface area contributed by atoms with Crippen molar-refractivity contribution in [3.8, 4) is 0 Å². The van der Waals surface area contributed by atoms with Crippen LogP contribution in [0.25, 0.3) is 0 Å². The lowest BCUT2D eigenvalue weighted by Crippen LogP contribution is -2.25. The van der Waals surface area contributed by atoms with E-state index in [0.717, 1.165) is 30.8 Å². The maximum absolute atomic E-state index is 6.04. The number of hydrogen-bond donors (Lipinski definition) is 1. The molecule has 0 saturated heterocycles. The third-order valence-electron chi connectivity index (χ3n) is 2.85. The molecule has 0 bridgehead atoms. The molecule has 0 radical (unpaired) electrons. The zero-order valence-corrected chi connectivity index (χ0v) is 11.3. The molecule has 1 N–H and O–H groups in total. The van der Waals surface area contributed by atoms with Crippen LogP contribution in [0.1, 0.15) is 30.8 Å². The van der Waals surface area contributed by atoms with Gasteiger partial charge in [0.2, 0.25) is 0 Å². The van der Waals surface area contributed by atoms with E-state index in [2.05, 4.69) is 22.3 Å². The fourth-order valence-electron chi connectivity index (χ4n) is 1.85. The highest BCUT2D eigenvalue weighted by molar-refractivity contribution is 6.29. The van der Waals surface area contributed by atoms with Gasteiger partial charge >= 0.3 is 0 Å². The summed E-state index contributed by atoms with van der Waals surface area (Å²) in [6.45, 7) is 3.05. The summed E-state index contributed by atoms with van der Waals surface area (Å²) in [6.07, 6.45) is 4.96. The molecule has 2 rings (SSSR count). The van der Waals surface area contributed by atoms with Crippen LogP contribution in [0.3, 0.4) is 0 Å². The number of rotatable bonds is 6. The van der Waals surface area contributed by atoms with Gasteiger partial charge in [-0.05, 0) is 30.6 Å². The lowest BCUT2D eigenvalue weighted by atomic mass is 10.1. The molecule has 0 aliphatic rings. The summed E-state index contributed by atoms with van der Waals surface area (Å²) in [4.78, 5) is 4.24.